The van der Waals surface area contributed by atoms with Gasteiger partial charge in [0.15, 0.2) is 0 Å². The Labute approximate surface area is 123 Å². The summed E-state index contributed by atoms with van der Waals surface area (Å²) in [5.41, 5.74) is 1.16. The second-order valence-electron chi connectivity index (χ2n) is 5.98. The van der Waals surface area contributed by atoms with Gasteiger partial charge in [-0.05, 0) is 40.5 Å². The van der Waals surface area contributed by atoms with Crippen molar-refractivity contribution in [1.82, 2.24) is 9.55 Å². The Kier molecular flexibility index (Phi) is 4.18. The van der Waals surface area contributed by atoms with Crippen molar-refractivity contribution in [1.29, 1.82) is 0 Å². The predicted molar refractivity (Wildman–Crippen MR) is 77.7 cm³/mol. The summed E-state index contributed by atoms with van der Waals surface area (Å²) in [5.74, 6) is -1.60. The summed E-state index contributed by atoms with van der Waals surface area (Å²) >= 11 is 0. The molecule has 21 heavy (non-hydrogen) atoms. The molecule has 6 heteroatoms. The van der Waals surface area contributed by atoms with Crippen molar-refractivity contribution in [2.75, 3.05) is 13.2 Å². The van der Waals surface area contributed by atoms with E-state index in [-0.39, 0.29) is 11.2 Å². The lowest BCUT2D eigenvalue weighted by molar-refractivity contribution is -0.138. The van der Waals surface area contributed by atoms with Gasteiger partial charge in [-0.2, -0.15) is 4.98 Å². The van der Waals surface area contributed by atoms with Crippen molar-refractivity contribution in [2.24, 2.45) is 0 Å². The van der Waals surface area contributed by atoms with Gasteiger partial charge in [0.1, 0.15) is 0 Å². The van der Waals surface area contributed by atoms with Gasteiger partial charge in [0, 0.05) is 30.2 Å². The van der Waals surface area contributed by atoms with Crippen molar-refractivity contribution in [2.45, 2.75) is 52.0 Å². The topological polar surface area (TPSA) is 81.4 Å². The highest BCUT2D eigenvalue weighted by Gasteiger charge is 2.34. The molecular formula is C15H22N2O4. The second-order valence-corrected chi connectivity index (χ2v) is 5.98. The molecule has 1 unspecified atom stereocenters. The standard InChI is InChI=1S/C15H22N2O4/c1-9(13(18)19)12-10(2)16-14(20)17(11(12)3)15(4)5-7-21-8-6-15/h9H,5-8H2,1-4H3,(H,18,19). The van der Waals surface area contributed by atoms with Crippen LogP contribution in [0.1, 0.15) is 49.6 Å². The number of rotatable bonds is 3. The molecule has 0 radical (unpaired) electrons. The number of carbonyl (C=O) groups is 1. The molecule has 116 valence electrons. The molecule has 0 amide bonds. The molecule has 1 aromatic rings. The van der Waals surface area contributed by atoms with E-state index in [0.29, 0.717) is 30.2 Å². The first-order chi connectivity index (χ1) is 9.78. The van der Waals surface area contributed by atoms with Crippen LogP contribution in [0.5, 0.6) is 0 Å². The van der Waals surface area contributed by atoms with Crippen molar-refractivity contribution in [3.63, 3.8) is 0 Å². The monoisotopic (exact) mass is 294 g/mol. The summed E-state index contributed by atoms with van der Waals surface area (Å²) in [6.45, 7) is 8.34. The maximum absolute atomic E-state index is 12.4. The Morgan fingerprint density at radius 3 is 2.48 bits per heavy atom. The summed E-state index contributed by atoms with van der Waals surface area (Å²) in [7, 11) is 0. The molecule has 0 spiro atoms. The Hall–Kier alpha value is -1.69. The van der Waals surface area contributed by atoms with E-state index in [2.05, 4.69) is 4.98 Å². The zero-order valence-electron chi connectivity index (χ0n) is 13.0. The predicted octanol–water partition coefficient (Wildman–Crippen LogP) is 1.57. The highest BCUT2D eigenvalue weighted by Crippen LogP contribution is 2.31. The van der Waals surface area contributed by atoms with Gasteiger partial charge in [-0.25, -0.2) is 4.79 Å². The highest BCUT2D eigenvalue weighted by molar-refractivity contribution is 5.76. The van der Waals surface area contributed by atoms with Crippen LogP contribution < -0.4 is 5.69 Å². The molecule has 0 bridgehead atoms. The maximum Gasteiger partial charge on any atom is 0.348 e. The highest BCUT2D eigenvalue weighted by atomic mass is 16.5. The molecule has 1 aliphatic heterocycles. The summed E-state index contributed by atoms with van der Waals surface area (Å²) in [4.78, 5) is 27.8. The SMILES string of the molecule is Cc1nc(=O)n(C2(C)CCOCC2)c(C)c1C(C)C(=O)O. The summed E-state index contributed by atoms with van der Waals surface area (Å²) in [6, 6.07) is 0. The van der Waals surface area contributed by atoms with Crippen LogP contribution in [-0.4, -0.2) is 33.8 Å². The summed E-state index contributed by atoms with van der Waals surface area (Å²) in [5, 5.41) is 9.28. The number of hydrogen-bond donors (Lipinski definition) is 1. The fourth-order valence-corrected chi connectivity index (χ4v) is 3.20. The third-order valence-electron chi connectivity index (χ3n) is 4.48. The lowest BCUT2D eigenvalue weighted by atomic mass is 9.90. The number of aryl methyl sites for hydroxylation is 1. The average Bonchev–Trinajstić information content (AvgIpc) is 2.38. The fourth-order valence-electron chi connectivity index (χ4n) is 3.20. The number of nitrogens with zero attached hydrogens (tertiary/aromatic N) is 2. The smallest absolute Gasteiger partial charge is 0.348 e. The third-order valence-corrected chi connectivity index (χ3v) is 4.48. The molecule has 2 rings (SSSR count). The molecule has 1 fully saturated rings. The maximum atomic E-state index is 12.4. The fraction of sp³-hybridized carbons (Fsp3) is 0.667. The summed E-state index contributed by atoms with van der Waals surface area (Å²) < 4.78 is 7.04. The molecule has 0 aliphatic carbocycles. The van der Waals surface area contributed by atoms with E-state index in [0.717, 1.165) is 12.8 Å². The van der Waals surface area contributed by atoms with Crippen LogP contribution in [0.3, 0.4) is 0 Å². The zero-order chi connectivity index (χ0) is 15.8. The van der Waals surface area contributed by atoms with E-state index in [1.54, 1.807) is 18.4 Å². The van der Waals surface area contributed by atoms with Crippen molar-refractivity contribution < 1.29 is 14.6 Å². The number of carboxylic acids is 1. The Balaban J connectivity index is 2.64. The number of carboxylic acid groups (broad SMARTS) is 1. The first-order valence-corrected chi connectivity index (χ1v) is 7.19. The van der Waals surface area contributed by atoms with E-state index < -0.39 is 11.9 Å². The van der Waals surface area contributed by atoms with Gasteiger partial charge in [-0.1, -0.05) is 0 Å². The van der Waals surface area contributed by atoms with Gasteiger partial charge in [0.25, 0.3) is 0 Å². The lowest BCUT2D eigenvalue weighted by Crippen LogP contribution is -2.46. The van der Waals surface area contributed by atoms with Gasteiger partial charge in [0.2, 0.25) is 0 Å². The summed E-state index contributed by atoms with van der Waals surface area (Å²) in [6.07, 6.45) is 1.44. The van der Waals surface area contributed by atoms with Gasteiger partial charge < -0.3 is 9.84 Å². The number of hydrogen-bond acceptors (Lipinski definition) is 4. The van der Waals surface area contributed by atoms with Crippen LogP contribution in [0.4, 0.5) is 0 Å². The van der Waals surface area contributed by atoms with E-state index in [1.165, 1.54) is 0 Å². The first-order valence-electron chi connectivity index (χ1n) is 7.19. The molecule has 1 atom stereocenters. The van der Waals surface area contributed by atoms with Crippen LogP contribution in [0.2, 0.25) is 0 Å². The average molecular weight is 294 g/mol. The van der Waals surface area contributed by atoms with E-state index in [9.17, 15) is 14.7 Å². The number of aliphatic carboxylic acids is 1. The normalized spacial score (nSPS) is 19.2. The number of ether oxygens (including phenoxy) is 1. The van der Waals surface area contributed by atoms with Gasteiger partial charge in [-0.3, -0.25) is 9.36 Å². The molecule has 1 N–H and O–H groups in total. The molecule has 1 aromatic heterocycles. The van der Waals surface area contributed by atoms with E-state index in [4.69, 9.17) is 4.74 Å². The van der Waals surface area contributed by atoms with E-state index in [1.807, 2.05) is 13.8 Å². The van der Waals surface area contributed by atoms with Crippen LogP contribution in [-0.2, 0) is 15.1 Å². The minimum Gasteiger partial charge on any atom is -0.481 e. The van der Waals surface area contributed by atoms with Crippen LogP contribution >= 0.6 is 0 Å². The molecule has 0 saturated carbocycles. The van der Waals surface area contributed by atoms with E-state index >= 15 is 0 Å². The van der Waals surface area contributed by atoms with Crippen LogP contribution in [0.15, 0.2) is 4.79 Å². The Morgan fingerprint density at radius 1 is 1.38 bits per heavy atom. The van der Waals surface area contributed by atoms with Gasteiger partial charge in [0.05, 0.1) is 11.5 Å². The van der Waals surface area contributed by atoms with Gasteiger partial charge >= 0.3 is 11.7 Å². The van der Waals surface area contributed by atoms with Crippen molar-refractivity contribution in [3.05, 3.63) is 27.4 Å². The largest absolute Gasteiger partial charge is 0.481 e. The molecule has 1 saturated heterocycles. The molecule has 1 aliphatic rings. The minimum atomic E-state index is -0.912. The van der Waals surface area contributed by atoms with Crippen molar-refractivity contribution >= 4 is 5.97 Å². The minimum absolute atomic E-state index is 0.310. The number of aromatic nitrogens is 2. The van der Waals surface area contributed by atoms with Gasteiger partial charge in [-0.15, -0.1) is 0 Å². The van der Waals surface area contributed by atoms with Crippen LogP contribution in [0.25, 0.3) is 0 Å². The zero-order valence-corrected chi connectivity index (χ0v) is 13.0. The second kappa shape index (κ2) is 5.60. The molecular weight excluding hydrogens is 272 g/mol. The molecule has 2 heterocycles. The molecule has 6 nitrogen and oxygen atoms in total. The molecule has 0 aromatic carbocycles. The van der Waals surface area contributed by atoms with Crippen LogP contribution in [0, 0.1) is 13.8 Å². The quantitative estimate of drug-likeness (QED) is 0.915. The third kappa shape index (κ3) is 2.72. The Morgan fingerprint density at radius 2 is 1.95 bits per heavy atom. The van der Waals surface area contributed by atoms with Crippen molar-refractivity contribution in [3.8, 4) is 0 Å². The lowest BCUT2D eigenvalue weighted by Gasteiger charge is -2.37. The Bertz CT molecular complexity index is 615. The first kappa shape index (κ1) is 15.7.